The summed E-state index contributed by atoms with van der Waals surface area (Å²) in [5.74, 6) is 2.27. The Labute approximate surface area is 113 Å². The van der Waals surface area contributed by atoms with E-state index in [1.165, 1.54) is 0 Å². The molecule has 0 saturated heterocycles. The van der Waals surface area contributed by atoms with Crippen LogP contribution in [0.1, 0.15) is 38.0 Å². The number of aromatic nitrogens is 5. The summed E-state index contributed by atoms with van der Waals surface area (Å²) >= 11 is 0. The summed E-state index contributed by atoms with van der Waals surface area (Å²) in [6.07, 6.45) is 6.00. The molecule has 2 aromatic rings. The van der Waals surface area contributed by atoms with E-state index >= 15 is 0 Å². The Balaban J connectivity index is 2.28. The van der Waals surface area contributed by atoms with Gasteiger partial charge in [-0.2, -0.15) is 4.68 Å². The van der Waals surface area contributed by atoms with E-state index in [0.29, 0.717) is 5.95 Å². The van der Waals surface area contributed by atoms with Gasteiger partial charge in [-0.15, -0.1) is 5.10 Å². The van der Waals surface area contributed by atoms with Crippen molar-refractivity contribution in [2.45, 2.75) is 46.1 Å². The van der Waals surface area contributed by atoms with E-state index in [4.69, 9.17) is 5.73 Å². The first-order valence-electron chi connectivity index (χ1n) is 6.65. The molecule has 1 unspecified atom stereocenters. The fourth-order valence-electron chi connectivity index (χ4n) is 1.87. The van der Waals surface area contributed by atoms with Crippen LogP contribution in [-0.2, 0) is 19.3 Å². The number of hydrogen-bond donors (Lipinski definition) is 1. The average Bonchev–Trinajstić information content (AvgIpc) is 2.82. The molecule has 19 heavy (non-hydrogen) atoms. The van der Waals surface area contributed by atoms with Crippen LogP contribution in [-0.4, -0.2) is 30.8 Å². The van der Waals surface area contributed by atoms with E-state index in [2.05, 4.69) is 20.1 Å². The minimum atomic E-state index is 0.110. The molecule has 0 saturated carbocycles. The lowest BCUT2D eigenvalue weighted by Gasteiger charge is -2.06. The molecule has 0 spiro atoms. The molecule has 1 atom stereocenters. The number of nitrogens with two attached hydrogens (primary N) is 1. The normalized spacial score (nSPS) is 12.6. The summed E-state index contributed by atoms with van der Waals surface area (Å²) in [6.45, 7) is 6.05. The predicted octanol–water partition coefficient (Wildman–Crippen LogP) is 1.07. The van der Waals surface area contributed by atoms with Crippen molar-refractivity contribution in [2.75, 3.05) is 0 Å². The van der Waals surface area contributed by atoms with Gasteiger partial charge in [0.15, 0.2) is 5.82 Å². The summed E-state index contributed by atoms with van der Waals surface area (Å²) in [5, 5.41) is 4.42. The highest BCUT2D eigenvalue weighted by atomic mass is 15.4. The van der Waals surface area contributed by atoms with Crippen LogP contribution in [0.25, 0.3) is 5.95 Å². The van der Waals surface area contributed by atoms with E-state index in [-0.39, 0.29) is 6.04 Å². The van der Waals surface area contributed by atoms with Crippen molar-refractivity contribution in [3.05, 3.63) is 29.6 Å². The molecule has 0 aliphatic carbocycles. The molecular formula is C13H20N6. The maximum absolute atomic E-state index is 5.76. The molecule has 0 amide bonds. The molecule has 0 aliphatic heterocycles. The summed E-state index contributed by atoms with van der Waals surface area (Å²) in [7, 11) is 0. The second-order valence-electron chi connectivity index (χ2n) is 4.64. The van der Waals surface area contributed by atoms with Gasteiger partial charge in [0.1, 0.15) is 5.82 Å². The van der Waals surface area contributed by atoms with Gasteiger partial charge >= 0.3 is 0 Å². The van der Waals surface area contributed by atoms with Gasteiger partial charge in [-0.3, -0.25) is 0 Å². The fraction of sp³-hybridized carbons (Fsp3) is 0.538. The fourth-order valence-corrected chi connectivity index (χ4v) is 1.87. The van der Waals surface area contributed by atoms with E-state index < -0.39 is 0 Å². The zero-order valence-electron chi connectivity index (χ0n) is 11.7. The lowest BCUT2D eigenvalue weighted by Crippen LogP contribution is -2.18. The largest absolute Gasteiger partial charge is 0.328 e. The van der Waals surface area contributed by atoms with Gasteiger partial charge in [0.25, 0.3) is 5.95 Å². The standard InChI is InChI=1S/C13H20N6/c1-4-11-17-12(5-2)19(18-11)13-15-7-10(8-16-13)6-9(3)14/h7-9H,4-6,14H2,1-3H3. The SMILES string of the molecule is CCc1nc(CC)n(-c2ncc(CC(C)N)cn2)n1. The molecule has 2 heterocycles. The van der Waals surface area contributed by atoms with Crippen LogP contribution in [0.5, 0.6) is 0 Å². The zero-order valence-corrected chi connectivity index (χ0v) is 11.7. The van der Waals surface area contributed by atoms with Crippen LogP contribution in [0.4, 0.5) is 0 Å². The van der Waals surface area contributed by atoms with Crippen molar-refractivity contribution in [3.8, 4) is 5.95 Å². The summed E-state index contributed by atoms with van der Waals surface area (Å²) in [5.41, 5.74) is 6.79. The van der Waals surface area contributed by atoms with Gasteiger partial charge in [-0.05, 0) is 18.9 Å². The quantitative estimate of drug-likeness (QED) is 0.869. The minimum Gasteiger partial charge on any atom is -0.328 e. The molecular weight excluding hydrogens is 240 g/mol. The van der Waals surface area contributed by atoms with Gasteiger partial charge < -0.3 is 5.73 Å². The molecule has 102 valence electrons. The summed E-state index contributed by atoms with van der Waals surface area (Å²) < 4.78 is 1.72. The molecule has 2 aromatic heterocycles. The molecule has 0 aliphatic rings. The highest BCUT2D eigenvalue weighted by molar-refractivity contribution is 5.16. The van der Waals surface area contributed by atoms with E-state index in [0.717, 1.165) is 36.5 Å². The van der Waals surface area contributed by atoms with Gasteiger partial charge in [0.2, 0.25) is 0 Å². The second kappa shape index (κ2) is 5.88. The smallest absolute Gasteiger partial charge is 0.252 e. The predicted molar refractivity (Wildman–Crippen MR) is 73.1 cm³/mol. The molecule has 0 aromatic carbocycles. The average molecular weight is 260 g/mol. The Bertz CT molecular complexity index is 529. The Hall–Kier alpha value is -1.82. The van der Waals surface area contributed by atoms with Crippen LogP contribution in [0.15, 0.2) is 12.4 Å². The third-order valence-corrected chi connectivity index (χ3v) is 2.79. The molecule has 0 bridgehead atoms. The molecule has 2 N–H and O–H groups in total. The van der Waals surface area contributed by atoms with Crippen molar-refractivity contribution in [2.24, 2.45) is 5.73 Å². The monoisotopic (exact) mass is 260 g/mol. The molecule has 6 nitrogen and oxygen atoms in total. The third kappa shape index (κ3) is 3.14. The first-order chi connectivity index (χ1) is 9.13. The van der Waals surface area contributed by atoms with Crippen LogP contribution < -0.4 is 5.73 Å². The highest BCUT2D eigenvalue weighted by Crippen LogP contribution is 2.07. The Morgan fingerprint density at radius 2 is 1.89 bits per heavy atom. The summed E-state index contributed by atoms with van der Waals surface area (Å²) in [6, 6.07) is 0.110. The Morgan fingerprint density at radius 3 is 2.42 bits per heavy atom. The Kier molecular flexibility index (Phi) is 4.21. The number of aryl methyl sites for hydroxylation is 2. The maximum atomic E-state index is 5.76. The van der Waals surface area contributed by atoms with Gasteiger partial charge in [0, 0.05) is 31.3 Å². The van der Waals surface area contributed by atoms with Crippen molar-refractivity contribution < 1.29 is 0 Å². The van der Waals surface area contributed by atoms with Crippen LogP contribution in [0.3, 0.4) is 0 Å². The Morgan fingerprint density at radius 1 is 1.21 bits per heavy atom. The van der Waals surface area contributed by atoms with Crippen LogP contribution >= 0.6 is 0 Å². The second-order valence-corrected chi connectivity index (χ2v) is 4.64. The van der Waals surface area contributed by atoms with Gasteiger partial charge in [0.05, 0.1) is 0 Å². The van der Waals surface area contributed by atoms with Gasteiger partial charge in [-0.25, -0.2) is 15.0 Å². The first-order valence-corrected chi connectivity index (χ1v) is 6.65. The maximum Gasteiger partial charge on any atom is 0.252 e. The van der Waals surface area contributed by atoms with E-state index in [1.54, 1.807) is 17.1 Å². The molecule has 2 rings (SSSR count). The molecule has 0 fully saturated rings. The van der Waals surface area contributed by atoms with Crippen molar-refractivity contribution in [1.29, 1.82) is 0 Å². The van der Waals surface area contributed by atoms with Crippen molar-refractivity contribution in [3.63, 3.8) is 0 Å². The first kappa shape index (κ1) is 13.6. The minimum absolute atomic E-state index is 0.110. The van der Waals surface area contributed by atoms with Crippen LogP contribution in [0.2, 0.25) is 0 Å². The number of hydrogen-bond acceptors (Lipinski definition) is 5. The lowest BCUT2D eigenvalue weighted by atomic mass is 10.1. The van der Waals surface area contributed by atoms with E-state index in [1.807, 2.05) is 20.8 Å². The topological polar surface area (TPSA) is 82.5 Å². The number of nitrogens with zero attached hydrogens (tertiary/aromatic N) is 5. The molecule has 0 radical (unpaired) electrons. The van der Waals surface area contributed by atoms with Crippen molar-refractivity contribution in [1.82, 2.24) is 24.7 Å². The number of rotatable bonds is 5. The van der Waals surface area contributed by atoms with Gasteiger partial charge in [-0.1, -0.05) is 13.8 Å². The summed E-state index contributed by atoms with van der Waals surface area (Å²) in [4.78, 5) is 13.2. The zero-order chi connectivity index (χ0) is 13.8. The highest BCUT2D eigenvalue weighted by Gasteiger charge is 2.11. The third-order valence-electron chi connectivity index (χ3n) is 2.79. The van der Waals surface area contributed by atoms with E-state index in [9.17, 15) is 0 Å². The lowest BCUT2D eigenvalue weighted by molar-refractivity contribution is 0.715. The molecule has 6 heteroatoms. The van der Waals surface area contributed by atoms with Crippen LogP contribution in [0, 0.1) is 0 Å². The van der Waals surface area contributed by atoms with Crippen molar-refractivity contribution >= 4 is 0 Å².